The molecule has 0 bridgehead atoms. The first-order chi connectivity index (χ1) is 5.48. The second kappa shape index (κ2) is 5.12. The lowest BCUT2D eigenvalue weighted by Crippen LogP contribution is -2.18. The van der Waals surface area contributed by atoms with Crippen LogP contribution in [0.25, 0.3) is 0 Å². The van der Waals surface area contributed by atoms with Crippen molar-refractivity contribution in [2.24, 2.45) is 0 Å². The average molecular weight is 190 g/mol. The van der Waals surface area contributed by atoms with Crippen LogP contribution in [0.15, 0.2) is 0 Å². The fourth-order valence-corrected chi connectivity index (χ4v) is 1.68. The molecule has 4 nitrogen and oxygen atoms in total. The van der Waals surface area contributed by atoms with Gasteiger partial charge in [0.15, 0.2) is 9.84 Å². The Morgan fingerprint density at radius 3 is 2.42 bits per heavy atom. The van der Waals surface area contributed by atoms with Crippen molar-refractivity contribution >= 4 is 9.84 Å². The molecule has 0 heterocycles. The van der Waals surface area contributed by atoms with Crippen molar-refractivity contribution in [3.63, 3.8) is 0 Å². The molecule has 0 N–H and O–H groups in total. The molecule has 5 heteroatoms. The molecule has 0 aromatic carbocycles. The fraction of sp³-hybridized carbons (Fsp3) is 0.857. The molecule has 12 heavy (non-hydrogen) atoms. The van der Waals surface area contributed by atoms with E-state index < -0.39 is 9.84 Å². The maximum absolute atomic E-state index is 11.0. The molecule has 0 unspecified atom stereocenters. The van der Waals surface area contributed by atoms with Crippen LogP contribution >= 0.6 is 0 Å². The highest BCUT2D eigenvalue weighted by atomic mass is 32.2. The van der Waals surface area contributed by atoms with Gasteiger partial charge in [0.2, 0.25) is 0 Å². The highest BCUT2D eigenvalue weighted by molar-refractivity contribution is 7.91. The number of hydrogen-bond acceptors (Lipinski definition) is 4. The minimum absolute atomic E-state index is 0.110. The van der Waals surface area contributed by atoms with Crippen LogP contribution in [0.4, 0.5) is 0 Å². The first-order valence-electron chi connectivity index (χ1n) is 3.70. The third kappa shape index (κ3) is 6.13. The van der Waals surface area contributed by atoms with Crippen molar-refractivity contribution in [1.82, 2.24) is 4.90 Å². The Morgan fingerprint density at radius 1 is 1.42 bits per heavy atom. The van der Waals surface area contributed by atoms with E-state index in [1.165, 1.54) is 0 Å². The van der Waals surface area contributed by atoms with E-state index in [9.17, 15) is 8.42 Å². The molecule has 0 saturated heterocycles. The Bertz CT molecular complexity index is 251. The number of nitriles is 1. The summed E-state index contributed by atoms with van der Waals surface area (Å²) in [5.74, 6) is -0.251. The second-order valence-corrected chi connectivity index (χ2v) is 5.09. The molecule has 0 aromatic rings. The van der Waals surface area contributed by atoms with Crippen LogP contribution < -0.4 is 0 Å². The Balaban J connectivity index is 3.72. The minimum atomic E-state index is -3.12. The summed E-state index contributed by atoms with van der Waals surface area (Å²) in [5.41, 5.74) is 0. The van der Waals surface area contributed by atoms with Crippen LogP contribution in [-0.4, -0.2) is 45.5 Å². The Hall–Kier alpha value is -0.600. The van der Waals surface area contributed by atoms with Gasteiger partial charge in [-0.3, -0.25) is 0 Å². The fourth-order valence-electron chi connectivity index (χ4n) is 0.771. The molecule has 0 atom stereocenters. The quantitative estimate of drug-likeness (QED) is 0.606. The molecule has 0 aliphatic carbocycles. The Labute approximate surface area is 73.7 Å². The standard InChI is InChI=1S/C7H14N2O2S/c1-9(2)5-3-6-12(10,11)7-4-8/h3,5-7H2,1-2H3. The van der Waals surface area contributed by atoms with Gasteiger partial charge >= 0.3 is 0 Å². The number of nitrogens with zero attached hydrogens (tertiary/aromatic N) is 2. The van der Waals surface area contributed by atoms with Gasteiger partial charge in [-0.2, -0.15) is 5.26 Å². The second-order valence-electron chi connectivity index (χ2n) is 2.91. The largest absolute Gasteiger partial charge is 0.309 e. The lowest BCUT2D eigenvalue weighted by Gasteiger charge is -2.07. The molecule has 0 amide bonds. The topological polar surface area (TPSA) is 61.2 Å². The van der Waals surface area contributed by atoms with Crippen LogP contribution in [0, 0.1) is 11.3 Å². The summed E-state index contributed by atoms with van der Waals surface area (Å²) in [6.07, 6.45) is 0.594. The molecule has 0 aliphatic heterocycles. The number of rotatable bonds is 5. The van der Waals surface area contributed by atoms with Crippen molar-refractivity contribution < 1.29 is 8.42 Å². The normalized spacial score (nSPS) is 11.5. The van der Waals surface area contributed by atoms with Gasteiger partial charge < -0.3 is 4.90 Å². The van der Waals surface area contributed by atoms with Crippen LogP contribution in [0.3, 0.4) is 0 Å². The molecule has 0 spiro atoms. The lowest BCUT2D eigenvalue weighted by molar-refractivity contribution is 0.408. The molecule has 0 fully saturated rings. The zero-order chi connectivity index (χ0) is 9.61. The van der Waals surface area contributed by atoms with Crippen LogP contribution in [0.5, 0.6) is 0 Å². The first-order valence-corrected chi connectivity index (χ1v) is 5.52. The third-order valence-corrected chi connectivity index (χ3v) is 2.82. The summed E-state index contributed by atoms with van der Waals surface area (Å²) < 4.78 is 21.9. The zero-order valence-electron chi connectivity index (χ0n) is 7.45. The van der Waals surface area contributed by atoms with Gasteiger partial charge in [0, 0.05) is 0 Å². The zero-order valence-corrected chi connectivity index (χ0v) is 8.26. The van der Waals surface area contributed by atoms with Gasteiger partial charge in [-0.15, -0.1) is 0 Å². The lowest BCUT2D eigenvalue weighted by atomic mass is 10.5. The number of sulfone groups is 1. The summed E-state index contributed by atoms with van der Waals surface area (Å²) >= 11 is 0. The van der Waals surface area contributed by atoms with Crippen LogP contribution in [0.1, 0.15) is 6.42 Å². The van der Waals surface area contributed by atoms with Crippen LogP contribution in [-0.2, 0) is 9.84 Å². The first kappa shape index (κ1) is 11.4. The summed E-state index contributed by atoms with van der Waals surface area (Å²) in [6, 6.07) is 1.64. The van der Waals surface area contributed by atoms with Gasteiger partial charge in [-0.05, 0) is 27.1 Å². The number of hydrogen-bond donors (Lipinski definition) is 0. The van der Waals surface area contributed by atoms with E-state index in [1.807, 2.05) is 19.0 Å². The van der Waals surface area contributed by atoms with Crippen molar-refractivity contribution in [2.75, 3.05) is 32.1 Å². The van der Waals surface area contributed by atoms with E-state index in [0.29, 0.717) is 6.42 Å². The molecule has 0 rings (SSSR count). The molecule has 70 valence electrons. The van der Waals surface area contributed by atoms with Crippen molar-refractivity contribution in [1.29, 1.82) is 5.26 Å². The van der Waals surface area contributed by atoms with Crippen molar-refractivity contribution in [2.45, 2.75) is 6.42 Å². The summed E-state index contributed by atoms with van der Waals surface area (Å²) in [7, 11) is 0.657. The molecule has 0 aromatic heterocycles. The van der Waals surface area contributed by atoms with E-state index in [1.54, 1.807) is 6.07 Å². The molecule has 0 aliphatic rings. The van der Waals surface area contributed by atoms with Crippen molar-refractivity contribution in [3.05, 3.63) is 0 Å². The minimum Gasteiger partial charge on any atom is -0.309 e. The Kier molecular flexibility index (Phi) is 4.86. The van der Waals surface area contributed by atoms with Crippen molar-refractivity contribution in [3.8, 4) is 6.07 Å². The predicted molar refractivity (Wildman–Crippen MR) is 47.4 cm³/mol. The molecular formula is C7H14N2O2S. The summed E-state index contributed by atoms with van der Waals surface area (Å²) in [6.45, 7) is 0.741. The van der Waals surface area contributed by atoms with E-state index >= 15 is 0 Å². The van der Waals surface area contributed by atoms with E-state index in [-0.39, 0.29) is 11.5 Å². The van der Waals surface area contributed by atoms with Crippen LogP contribution in [0.2, 0.25) is 0 Å². The van der Waals surface area contributed by atoms with Gasteiger partial charge in [0.05, 0.1) is 11.8 Å². The molecule has 0 radical (unpaired) electrons. The van der Waals surface area contributed by atoms with E-state index in [0.717, 1.165) is 6.54 Å². The molecule has 0 saturated carbocycles. The predicted octanol–water partition coefficient (Wildman–Crippen LogP) is -0.124. The van der Waals surface area contributed by atoms with E-state index in [4.69, 9.17) is 5.26 Å². The maximum Gasteiger partial charge on any atom is 0.163 e. The monoisotopic (exact) mass is 190 g/mol. The SMILES string of the molecule is CN(C)CCCS(=O)(=O)CC#N. The van der Waals surface area contributed by atoms with Gasteiger partial charge in [0.25, 0.3) is 0 Å². The summed E-state index contributed by atoms with van der Waals surface area (Å²) in [5, 5.41) is 8.17. The van der Waals surface area contributed by atoms with E-state index in [2.05, 4.69) is 0 Å². The highest BCUT2D eigenvalue weighted by Crippen LogP contribution is 1.93. The molecular weight excluding hydrogens is 176 g/mol. The van der Waals surface area contributed by atoms with Gasteiger partial charge in [-0.1, -0.05) is 0 Å². The van der Waals surface area contributed by atoms with Gasteiger partial charge in [0.1, 0.15) is 5.75 Å². The maximum atomic E-state index is 11.0. The average Bonchev–Trinajstić information content (AvgIpc) is 1.85. The highest BCUT2D eigenvalue weighted by Gasteiger charge is 2.08. The summed E-state index contributed by atoms with van der Waals surface area (Å²) in [4.78, 5) is 1.92. The Morgan fingerprint density at radius 2 is 2.00 bits per heavy atom. The third-order valence-electron chi connectivity index (χ3n) is 1.35. The van der Waals surface area contributed by atoms with Gasteiger partial charge in [-0.25, -0.2) is 8.42 Å². The smallest absolute Gasteiger partial charge is 0.163 e.